The highest BCUT2D eigenvalue weighted by molar-refractivity contribution is 6.32. The molecule has 0 nitrogen and oxygen atoms in total. The third kappa shape index (κ3) is 1.98. The summed E-state index contributed by atoms with van der Waals surface area (Å²) in [5, 5.41) is 0. The van der Waals surface area contributed by atoms with E-state index in [2.05, 4.69) is 97.1 Å². The van der Waals surface area contributed by atoms with E-state index in [9.17, 15) is 0 Å². The molecule has 0 saturated heterocycles. The number of fused-ring (bicyclic) bond motifs is 3. The van der Waals surface area contributed by atoms with Crippen molar-refractivity contribution in [3.05, 3.63) is 125 Å². The van der Waals surface area contributed by atoms with E-state index < -0.39 is 0 Å². The van der Waals surface area contributed by atoms with Gasteiger partial charge >= 0.3 is 0 Å². The van der Waals surface area contributed by atoms with Crippen LogP contribution in [0.1, 0.15) is 22.3 Å². The van der Waals surface area contributed by atoms with Gasteiger partial charge in [0.1, 0.15) is 7.85 Å². The average Bonchev–Trinajstić information content (AvgIpc) is 3.00. The van der Waals surface area contributed by atoms with Crippen LogP contribution in [0.2, 0.25) is 0 Å². The Bertz CT molecular complexity index is 1040. The SMILES string of the molecule is [B]c1ccc2c(c1)-c1ccccc1C2(c1ccccc1)c1ccccc1. The van der Waals surface area contributed by atoms with Crippen LogP contribution in [-0.2, 0) is 5.41 Å². The van der Waals surface area contributed by atoms with Crippen molar-refractivity contribution in [3.63, 3.8) is 0 Å². The second-order valence-electron chi connectivity index (χ2n) is 6.83. The molecule has 0 N–H and O–H groups in total. The summed E-state index contributed by atoms with van der Waals surface area (Å²) in [5.41, 5.74) is 8.15. The zero-order chi connectivity index (χ0) is 17.6. The Kier molecular flexibility index (Phi) is 3.36. The number of hydrogen-bond acceptors (Lipinski definition) is 0. The van der Waals surface area contributed by atoms with E-state index in [1.54, 1.807) is 0 Å². The standard InChI is InChI=1S/C25H17B/c26-20-15-16-24-22(17-20)21-13-7-8-14-23(21)25(24,18-9-3-1-4-10-18)19-11-5-2-6-12-19/h1-17H. The van der Waals surface area contributed by atoms with Crippen LogP contribution in [0.5, 0.6) is 0 Å². The Hall–Kier alpha value is -3.06. The molecule has 0 bridgehead atoms. The molecule has 120 valence electrons. The lowest BCUT2D eigenvalue weighted by Crippen LogP contribution is -2.28. The second kappa shape index (κ2) is 5.74. The number of rotatable bonds is 2. The van der Waals surface area contributed by atoms with Gasteiger partial charge in [0.15, 0.2) is 0 Å². The van der Waals surface area contributed by atoms with Crippen molar-refractivity contribution in [2.45, 2.75) is 5.41 Å². The Labute approximate surface area is 155 Å². The summed E-state index contributed by atoms with van der Waals surface area (Å²) < 4.78 is 0. The van der Waals surface area contributed by atoms with E-state index in [0.717, 1.165) is 5.46 Å². The van der Waals surface area contributed by atoms with Gasteiger partial charge in [-0.25, -0.2) is 0 Å². The molecule has 4 aromatic carbocycles. The minimum Gasteiger partial charge on any atom is -0.0960 e. The molecule has 1 aliphatic rings. The van der Waals surface area contributed by atoms with Gasteiger partial charge in [-0.3, -0.25) is 0 Å². The molecular weight excluding hydrogens is 311 g/mol. The number of benzene rings is 4. The van der Waals surface area contributed by atoms with Crippen molar-refractivity contribution >= 4 is 13.3 Å². The van der Waals surface area contributed by atoms with E-state index in [1.807, 2.05) is 6.07 Å². The molecule has 5 rings (SSSR count). The third-order valence-electron chi connectivity index (χ3n) is 5.48. The summed E-state index contributed by atoms with van der Waals surface area (Å²) in [5.74, 6) is 0. The smallest absolute Gasteiger partial charge is 0.0960 e. The summed E-state index contributed by atoms with van der Waals surface area (Å²) in [6.07, 6.45) is 0. The van der Waals surface area contributed by atoms with Gasteiger partial charge in [-0.05, 0) is 33.4 Å². The van der Waals surface area contributed by atoms with Gasteiger partial charge < -0.3 is 0 Å². The zero-order valence-corrected chi connectivity index (χ0v) is 14.4. The van der Waals surface area contributed by atoms with Gasteiger partial charge in [0.25, 0.3) is 0 Å². The van der Waals surface area contributed by atoms with Crippen LogP contribution in [0.25, 0.3) is 11.1 Å². The van der Waals surface area contributed by atoms with Crippen molar-refractivity contribution < 1.29 is 0 Å². The zero-order valence-electron chi connectivity index (χ0n) is 14.4. The Morgan fingerprint density at radius 2 is 1.04 bits per heavy atom. The maximum atomic E-state index is 6.15. The predicted molar refractivity (Wildman–Crippen MR) is 109 cm³/mol. The van der Waals surface area contributed by atoms with Gasteiger partial charge in [0.2, 0.25) is 0 Å². The second-order valence-corrected chi connectivity index (χ2v) is 6.83. The van der Waals surface area contributed by atoms with Crippen molar-refractivity contribution in [2.24, 2.45) is 0 Å². The lowest BCUT2D eigenvalue weighted by molar-refractivity contribution is 0.768. The van der Waals surface area contributed by atoms with Crippen LogP contribution in [0.15, 0.2) is 103 Å². The predicted octanol–water partition coefficient (Wildman–Crippen LogP) is 4.84. The summed E-state index contributed by atoms with van der Waals surface area (Å²) in [7, 11) is 6.15. The molecule has 0 fully saturated rings. The fraction of sp³-hybridized carbons (Fsp3) is 0.0400. The number of hydrogen-bond donors (Lipinski definition) is 0. The van der Waals surface area contributed by atoms with Crippen LogP contribution >= 0.6 is 0 Å². The average molecular weight is 328 g/mol. The Morgan fingerprint density at radius 3 is 1.69 bits per heavy atom. The van der Waals surface area contributed by atoms with Gasteiger partial charge in [-0.1, -0.05) is 109 Å². The molecule has 26 heavy (non-hydrogen) atoms. The fourth-order valence-corrected chi connectivity index (χ4v) is 4.47. The van der Waals surface area contributed by atoms with E-state index in [0.29, 0.717) is 0 Å². The van der Waals surface area contributed by atoms with E-state index in [1.165, 1.54) is 33.4 Å². The molecule has 2 radical (unpaired) electrons. The maximum absolute atomic E-state index is 6.15. The van der Waals surface area contributed by atoms with Crippen LogP contribution in [-0.4, -0.2) is 7.85 Å². The van der Waals surface area contributed by atoms with E-state index in [4.69, 9.17) is 7.85 Å². The lowest BCUT2D eigenvalue weighted by Gasteiger charge is -2.33. The molecule has 0 saturated carbocycles. The highest BCUT2D eigenvalue weighted by atomic mass is 14.5. The summed E-state index contributed by atoms with van der Waals surface area (Å²) >= 11 is 0. The van der Waals surface area contributed by atoms with Crippen molar-refractivity contribution in [2.75, 3.05) is 0 Å². The molecule has 4 aromatic rings. The molecule has 0 atom stereocenters. The molecule has 0 spiro atoms. The fourth-order valence-electron chi connectivity index (χ4n) is 4.47. The molecule has 0 heterocycles. The molecule has 1 aliphatic carbocycles. The van der Waals surface area contributed by atoms with Crippen molar-refractivity contribution in [3.8, 4) is 11.1 Å². The van der Waals surface area contributed by atoms with Crippen LogP contribution in [0.4, 0.5) is 0 Å². The van der Waals surface area contributed by atoms with Gasteiger partial charge in [-0.2, -0.15) is 0 Å². The first-order valence-electron chi connectivity index (χ1n) is 8.93. The Balaban J connectivity index is 1.98. The summed E-state index contributed by atoms with van der Waals surface area (Å²) in [4.78, 5) is 0. The minimum absolute atomic E-state index is 0.317. The topological polar surface area (TPSA) is 0 Å². The quantitative estimate of drug-likeness (QED) is 0.407. The molecule has 1 heteroatoms. The maximum Gasteiger partial charge on any atom is 0.113 e. The highest BCUT2D eigenvalue weighted by Gasteiger charge is 2.45. The monoisotopic (exact) mass is 328 g/mol. The van der Waals surface area contributed by atoms with Crippen LogP contribution < -0.4 is 5.46 Å². The first-order valence-corrected chi connectivity index (χ1v) is 8.93. The molecule has 0 unspecified atom stereocenters. The van der Waals surface area contributed by atoms with Crippen molar-refractivity contribution in [1.82, 2.24) is 0 Å². The van der Waals surface area contributed by atoms with E-state index in [-0.39, 0.29) is 5.41 Å². The lowest BCUT2D eigenvalue weighted by atomic mass is 9.67. The normalized spacial score (nSPS) is 13.8. The van der Waals surface area contributed by atoms with Gasteiger partial charge in [0.05, 0.1) is 5.41 Å². The van der Waals surface area contributed by atoms with Crippen molar-refractivity contribution in [1.29, 1.82) is 0 Å². The van der Waals surface area contributed by atoms with Gasteiger partial charge in [-0.15, -0.1) is 0 Å². The van der Waals surface area contributed by atoms with Crippen LogP contribution in [0, 0.1) is 0 Å². The molecule has 0 aromatic heterocycles. The molecule has 0 amide bonds. The first-order chi connectivity index (χ1) is 12.8. The summed E-state index contributed by atoms with van der Waals surface area (Å²) in [6, 6.07) is 36.6. The third-order valence-corrected chi connectivity index (χ3v) is 5.48. The minimum atomic E-state index is -0.317. The van der Waals surface area contributed by atoms with Crippen LogP contribution in [0.3, 0.4) is 0 Å². The first kappa shape index (κ1) is 15.2. The van der Waals surface area contributed by atoms with E-state index >= 15 is 0 Å². The van der Waals surface area contributed by atoms with Gasteiger partial charge in [0, 0.05) is 0 Å². The largest absolute Gasteiger partial charge is 0.113 e. The summed E-state index contributed by atoms with van der Waals surface area (Å²) in [6.45, 7) is 0. The Morgan fingerprint density at radius 1 is 0.500 bits per heavy atom. The molecular formula is C25H17B. The highest BCUT2D eigenvalue weighted by Crippen LogP contribution is 2.55. The molecule has 0 aliphatic heterocycles.